The molecule has 0 bridgehead atoms. The SMILES string of the molecule is CCOc1ccccc1-c1coc2cc(N)ncc12. The van der Waals surface area contributed by atoms with Gasteiger partial charge in [-0.25, -0.2) is 4.98 Å². The number of nitrogen functional groups attached to an aromatic ring is 1. The summed E-state index contributed by atoms with van der Waals surface area (Å²) in [6.07, 6.45) is 3.44. The Kier molecular flexibility index (Phi) is 2.83. The van der Waals surface area contributed by atoms with E-state index in [0.717, 1.165) is 27.8 Å². The first-order valence-electron chi connectivity index (χ1n) is 6.14. The molecule has 0 aliphatic carbocycles. The number of nitrogens with two attached hydrogens (primary N) is 1. The molecule has 3 aromatic rings. The van der Waals surface area contributed by atoms with Gasteiger partial charge < -0.3 is 14.9 Å². The van der Waals surface area contributed by atoms with E-state index in [1.54, 1.807) is 18.5 Å². The molecule has 0 saturated carbocycles. The quantitative estimate of drug-likeness (QED) is 0.777. The lowest BCUT2D eigenvalue weighted by atomic mass is 10.0. The maximum absolute atomic E-state index is 5.65. The lowest BCUT2D eigenvalue weighted by Crippen LogP contribution is -1.93. The molecule has 2 heterocycles. The summed E-state index contributed by atoms with van der Waals surface area (Å²) in [5.41, 5.74) is 8.34. The topological polar surface area (TPSA) is 61.3 Å². The predicted octanol–water partition coefficient (Wildman–Crippen LogP) is 3.48. The van der Waals surface area contributed by atoms with Gasteiger partial charge in [0, 0.05) is 28.8 Å². The number of ether oxygens (including phenoxy) is 1. The molecule has 0 aliphatic rings. The van der Waals surface area contributed by atoms with E-state index in [-0.39, 0.29) is 0 Å². The highest BCUT2D eigenvalue weighted by Gasteiger charge is 2.12. The second kappa shape index (κ2) is 4.65. The van der Waals surface area contributed by atoms with Gasteiger partial charge in [0.25, 0.3) is 0 Å². The van der Waals surface area contributed by atoms with Crippen molar-refractivity contribution in [2.75, 3.05) is 12.3 Å². The molecule has 4 nitrogen and oxygen atoms in total. The Morgan fingerprint density at radius 3 is 2.95 bits per heavy atom. The zero-order valence-corrected chi connectivity index (χ0v) is 10.6. The fourth-order valence-electron chi connectivity index (χ4n) is 2.12. The maximum atomic E-state index is 5.65. The third kappa shape index (κ3) is 2.01. The molecule has 2 aromatic heterocycles. The Hall–Kier alpha value is -2.49. The molecule has 0 saturated heterocycles. The summed E-state index contributed by atoms with van der Waals surface area (Å²) in [6, 6.07) is 9.60. The fourth-order valence-corrected chi connectivity index (χ4v) is 2.12. The van der Waals surface area contributed by atoms with Crippen LogP contribution in [-0.2, 0) is 0 Å². The van der Waals surface area contributed by atoms with Crippen molar-refractivity contribution >= 4 is 16.8 Å². The summed E-state index contributed by atoms with van der Waals surface area (Å²) in [7, 11) is 0. The molecule has 0 spiro atoms. The Balaban J connectivity index is 2.19. The minimum absolute atomic E-state index is 0.450. The average Bonchev–Trinajstić information content (AvgIpc) is 2.82. The van der Waals surface area contributed by atoms with E-state index >= 15 is 0 Å². The van der Waals surface area contributed by atoms with Crippen LogP contribution in [0.2, 0.25) is 0 Å². The number of rotatable bonds is 3. The minimum Gasteiger partial charge on any atom is -0.493 e. The highest BCUT2D eigenvalue weighted by atomic mass is 16.5. The first-order valence-corrected chi connectivity index (χ1v) is 6.14. The van der Waals surface area contributed by atoms with E-state index in [0.29, 0.717) is 12.4 Å². The van der Waals surface area contributed by atoms with Crippen LogP contribution in [0.1, 0.15) is 6.92 Å². The number of furan rings is 1. The molecular weight excluding hydrogens is 240 g/mol. The molecule has 0 fully saturated rings. The number of pyridine rings is 1. The van der Waals surface area contributed by atoms with Gasteiger partial charge in [-0.05, 0) is 13.0 Å². The number of fused-ring (bicyclic) bond motifs is 1. The maximum Gasteiger partial charge on any atom is 0.139 e. The molecule has 0 amide bonds. The van der Waals surface area contributed by atoms with Gasteiger partial charge in [0.2, 0.25) is 0 Å². The van der Waals surface area contributed by atoms with Gasteiger partial charge >= 0.3 is 0 Å². The van der Waals surface area contributed by atoms with Gasteiger partial charge in [-0.3, -0.25) is 0 Å². The van der Waals surface area contributed by atoms with Gasteiger partial charge in [0.15, 0.2) is 0 Å². The first-order chi connectivity index (χ1) is 9.29. The monoisotopic (exact) mass is 254 g/mol. The normalized spacial score (nSPS) is 10.8. The van der Waals surface area contributed by atoms with E-state index in [1.165, 1.54) is 0 Å². The Morgan fingerprint density at radius 1 is 1.26 bits per heavy atom. The Labute approximate surface area is 110 Å². The van der Waals surface area contributed by atoms with Crippen LogP contribution >= 0.6 is 0 Å². The number of nitrogens with zero attached hydrogens (tertiary/aromatic N) is 1. The molecule has 0 radical (unpaired) electrons. The highest BCUT2D eigenvalue weighted by molar-refractivity contribution is 5.95. The van der Waals surface area contributed by atoms with E-state index < -0.39 is 0 Å². The molecule has 0 unspecified atom stereocenters. The highest BCUT2D eigenvalue weighted by Crippen LogP contribution is 2.36. The molecular formula is C15H14N2O2. The standard InChI is InChI=1S/C15H14N2O2/c1-2-18-13-6-4-3-5-10(13)12-9-19-14-7-15(16)17-8-11(12)14/h3-9H,2H2,1H3,(H2,16,17). The zero-order chi connectivity index (χ0) is 13.2. The van der Waals surface area contributed by atoms with E-state index in [2.05, 4.69) is 4.98 Å². The smallest absolute Gasteiger partial charge is 0.139 e. The average molecular weight is 254 g/mol. The molecule has 96 valence electrons. The van der Waals surface area contributed by atoms with Crippen molar-refractivity contribution in [1.82, 2.24) is 4.98 Å². The van der Waals surface area contributed by atoms with Gasteiger partial charge in [-0.1, -0.05) is 18.2 Å². The van der Waals surface area contributed by atoms with Crippen LogP contribution in [0.4, 0.5) is 5.82 Å². The van der Waals surface area contributed by atoms with Gasteiger partial charge in [-0.15, -0.1) is 0 Å². The van der Waals surface area contributed by atoms with Crippen LogP contribution in [0.3, 0.4) is 0 Å². The number of para-hydroxylation sites is 1. The van der Waals surface area contributed by atoms with Crippen molar-refractivity contribution in [3.63, 3.8) is 0 Å². The summed E-state index contributed by atoms with van der Waals surface area (Å²) in [5.74, 6) is 1.29. The Morgan fingerprint density at radius 2 is 2.11 bits per heavy atom. The molecule has 2 N–H and O–H groups in total. The zero-order valence-electron chi connectivity index (χ0n) is 10.6. The second-order valence-corrected chi connectivity index (χ2v) is 4.18. The van der Waals surface area contributed by atoms with Gasteiger partial charge in [-0.2, -0.15) is 0 Å². The lowest BCUT2D eigenvalue weighted by Gasteiger charge is -2.08. The summed E-state index contributed by atoms with van der Waals surface area (Å²) >= 11 is 0. The predicted molar refractivity (Wildman–Crippen MR) is 75.0 cm³/mol. The molecule has 0 aliphatic heterocycles. The van der Waals surface area contributed by atoms with Crippen LogP contribution in [-0.4, -0.2) is 11.6 Å². The summed E-state index contributed by atoms with van der Waals surface area (Å²) in [6.45, 7) is 2.59. The van der Waals surface area contributed by atoms with Crippen molar-refractivity contribution < 1.29 is 9.15 Å². The van der Waals surface area contributed by atoms with Gasteiger partial charge in [0.1, 0.15) is 17.2 Å². The summed E-state index contributed by atoms with van der Waals surface area (Å²) in [4.78, 5) is 4.12. The number of aromatic nitrogens is 1. The van der Waals surface area contributed by atoms with Crippen molar-refractivity contribution in [3.05, 3.63) is 42.8 Å². The van der Waals surface area contributed by atoms with Crippen LogP contribution < -0.4 is 10.5 Å². The van der Waals surface area contributed by atoms with E-state index in [4.69, 9.17) is 14.9 Å². The van der Waals surface area contributed by atoms with Crippen molar-refractivity contribution in [2.24, 2.45) is 0 Å². The van der Waals surface area contributed by atoms with Crippen LogP contribution in [0.15, 0.2) is 47.2 Å². The van der Waals surface area contributed by atoms with Crippen molar-refractivity contribution in [3.8, 4) is 16.9 Å². The fraction of sp³-hybridized carbons (Fsp3) is 0.133. The van der Waals surface area contributed by atoms with Gasteiger partial charge in [0.05, 0.1) is 12.9 Å². The molecule has 4 heteroatoms. The lowest BCUT2D eigenvalue weighted by molar-refractivity contribution is 0.341. The first kappa shape index (κ1) is 11.6. The second-order valence-electron chi connectivity index (χ2n) is 4.18. The van der Waals surface area contributed by atoms with Crippen LogP contribution in [0.25, 0.3) is 22.1 Å². The molecule has 0 atom stereocenters. The third-order valence-corrected chi connectivity index (χ3v) is 2.96. The van der Waals surface area contributed by atoms with Crippen LogP contribution in [0.5, 0.6) is 5.75 Å². The van der Waals surface area contributed by atoms with E-state index in [9.17, 15) is 0 Å². The third-order valence-electron chi connectivity index (χ3n) is 2.96. The van der Waals surface area contributed by atoms with E-state index in [1.807, 2.05) is 31.2 Å². The molecule has 1 aromatic carbocycles. The number of hydrogen-bond acceptors (Lipinski definition) is 4. The summed E-state index contributed by atoms with van der Waals surface area (Å²) < 4.78 is 11.2. The molecule has 3 rings (SSSR count). The minimum atomic E-state index is 0.450. The van der Waals surface area contributed by atoms with Crippen molar-refractivity contribution in [2.45, 2.75) is 6.92 Å². The summed E-state index contributed by atoms with van der Waals surface area (Å²) in [5, 5.41) is 0.932. The Bertz CT molecular complexity index is 719. The number of benzene rings is 1. The number of hydrogen-bond donors (Lipinski definition) is 1. The van der Waals surface area contributed by atoms with Crippen LogP contribution in [0, 0.1) is 0 Å². The number of anilines is 1. The van der Waals surface area contributed by atoms with Crippen molar-refractivity contribution in [1.29, 1.82) is 0 Å². The molecule has 19 heavy (non-hydrogen) atoms. The largest absolute Gasteiger partial charge is 0.493 e.